The number of hydrogen-bond acceptors (Lipinski definition) is 14. The zero-order chi connectivity index (χ0) is 44.0. The standard InChI is InChI=1S/C47H72O14/c1-24(2)41-27(5)16-17-46(61-41)22-33-19-32(60-46)15-14-26(4)42(25(3)12-11-13-31-23-54-44-39(48)28(6)18-34(45(50)57-33)47(31,44)51)58-38-21-36(53-10)43(30(8)56-38)59-37-20-35(52-9)40(49)29(7)55-37/h11-14,18,24-25,27,29-30,32-44,48-49,51H,15-17,19-23H2,1-10H3/t25-,27-,29-,30-,32+,33-,34-,35-,36-,37-,38-,39+,40-,41+,42-,43?,44+,46+,47+/m0/s1. The second-order valence-corrected chi connectivity index (χ2v) is 19.2. The maximum Gasteiger partial charge on any atom is 0.316 e. The van der Waals surface area contributed by atoms with Gasteiger partial charge in [0, 0.05) is 52.2 Å². The fourth-order valence-electron chi connectivity index (χ4n) is 10.8. The summed E-state index contributed by atoms with van der Waals surface area (Å²) in [5, 5.41) is 34.2. The molecule has 14 heteroatoms. The second kappa shape index (κ2) is 19.2. The number of ether oxygens (including phenoxy) is 10. The van der Waals surface area contributed by atoms with E-state index in [0.717, 1.165) is 12.0 Å². The predicted molar refractivity (Wildman–Crippen MR) is 223 cm³/mol. The van der Waals surface area contributed by atoms with Crippen LogP contribution >= 0.6 is 0 Å². The summed E-state index contributed by atoms with van der Waals surface area (Å²) in [6.07, 6.45) is 5.52. The Kier molecular flexibility index (Phi) is 14.8. The number of rotatable bonds is 7. The molecule has 3 N–H and O–H groups in total. The van der Waals surface area contributed by atoms with Crippen molar-refractivity contribution in [3.05, 3.63) is 47.1 Å². The molecule has 1 unspecified atom stereocenters. The zero-order valence-electron chi connectivity index (χ0n) is 37.8. The molecule has 344 valence electrons. The number of methoxy groups -OCH3 is 2. The lowest BCUT2D eigenvalue weighted by Crippen LogP contribution is -2.58. The van der Waals surface area contributed by atoms with Gasteiger partial charge in [-0.05, 0) is 69.1 Å². The second-order valence-electron chi connectivity index (χ2n) is 19.2. The SMILES string of the molecule is CO[C@H]1C[C@H](O[C@@H]2C(C)=CC[C@@H]3C[C@@H](C[C@]4(CC[C@H](C)[C@@H](C(C)C)O4)O3)OC(=O)[C@@H]3C=C(C)[C@@H](O)[C@H]4OCC(=CC=C[C@@H]2C)[C@]43O)O[C@@H](C)C1O[C@H]1C[C@H](OC)[C@@H](O)[C@H](C)O1. The van der Waals surface area contributed by atoms with Crippen molar-refractivity contribution >= 4 is 5.97 Å². The Morgan fingerprint density at radius 1 is 0.885 bits per heavy atom. The van der Waals surface area contributed by atoms with Crippen molar-refractivity contribution in [1.29, 1.82) is 0 Å². The van der Waals surface area contributed by atoms with E-state index in [0.29, 0.717) is 55.6 Å². The first-order chi connectivity index (χ1) is 29.0. The van der Waals surface area contributed by atoms with Crippen LogP contribution in [0.4, 0.5) is 0 Å². The predicted octanol–water partition coefficient (Wildman–Crippen LogP) is 5.21. The van der Waals surface area contributed by atoms with Crippen molar-refractivity contribution in [3.63, 3.8) is 0 Å². The lowest BCUT2D eigenvalue weighted by atomic mass is 9.71. The average Bonchev–Trinajstić information content (AvgIpc) is 3.56. The van der Waals surface area contributed by atoms with Gasteiger partial charge in [0.25, 0.3) is 0 Å². The molecule has 0 amide bonds. The van der Waals surface area contributed by atoms with E-state index in [4.69, 9.17) is 47.4 Å². The Morgan fingerprint density at radius 3 is 2.31 bits per heavy atom. The van der Waals surface area contributed by atoms with Crippen molar-refractivity contribution in [1.82, 2.24) is 0 Å². The molecule has 6 heterocycles. The summed E-state index contributed by atoms with van der Waals surface area (Å²) in [5.41, 5.74) is 0.184. The molecule has 5 saturated heterocycles. The normalized spacial score (nSPS) is 47.3. The highest BCUT2D eigenvalue weighted by Crippen LogP contribution is 2.48. The molecule has 5 fully saturated rings. The third kappa shape index (κ3) is 9.67. The minimum atomic E-state index is -1.82. The quantitative estimate of drug-likeness (QED) is 0.225. The molecule has 0 radical (unpaired) electrons. The van der Waals surface area contributed by atoms with E-state index in [1.807, 2.05) is 19.1 Å². The zero-order valence-corrected chi connectivity index (χ0v) is 37.8. The van der Waals surface area contributed by atoms with Crippen LogP contribution in [0.2, 0.25) is 0 Å². The van der Waals surface area contributed by atoms with Crippen LogP contribution in [-0.4, -0.2) is 139 Å². The number of esters is 1. The van der Waals surface area contributed by atoms with E-state index in [2.05, 4.69) is 40.7 Å². The Morgan fingerprint density at radius 2 is 1.59 bits per heavy atom. The maximum absolute atomic E-state index is 14.3. The average molecular weight is 861 g/mol. The fraction of sp³-hybridized carbons (Fsp3) is 0.809. The van der Waals surface area contributed by atoms with Crippen LogP contribution < -0.4 is 0 Å². The number of carbonyl (C=O) groups excluding carboxylic acids is 1. The van der Waals surface area contributed by atoms with Gasteiger partial charge in [0.05, 0.1) is 49.3 Å². The van der Waals surface area contributed by atoms with Crippen LogP contribution in [0.3, 0.4) is 0 Å². The molecular formula is C47H72O14. The van der Waals surface area contributed by atoms with Crippen molar-refractivity contribution < 1.29 is 67.5 Å². The number of allylic oxidation sites excluding steroid dienone is 2. The van der Waals surface area contributed by atoms with Gasteiger partial charge in [-0.1, -0.05) is 58.1 Å². The molecule has 19 atom stereocenters. The highest BCUT2D eigenvalue weighted by atomic mass is 16.7. The molecular weight excluding hydrogens is 789 g/mol. The maximum atomic E-state index is 14.3. The Bertz CT molecular complexity index is 1660. The highest BCUT2D eigenvalue weighted by Gasteiger charge is 2.60. The van der Waals surface area contributed by atoms with E-state index < -0.39 is 90.8 Å². The molecule has 1 aliphatic carbocycles. The number of aliphatic hydroxyl groups excluding tert-OH is 2. The van der Waals surface area contributed by atoms with Crippen molar-refractivity contribution in [2.45, 2.75) is 198 Å². The van der Waals surface area contributed by atoms with Gasteiger partial charge in [0.1, 0.15) is 42.0 Å². The summed E-state index contributed by atoms with van der Waals surface area (Å²) in [6.45, 7) is 16.2. The molecule has 6 aliphatic heterocycles. The number of fused-ring (bicyclic) bond motifs is 2. The van der Waals surface area contributed by atoms with Crippen LogP contribution in [0.5, 0.6) is 0 Å². The smallest absolute Gasteiger partial charge is 0.316 e. The monoisotopic (exact) mass is 860 g/mol. The largest absolute Gasteiger partial charge is 0.462 e. The minimum Gasteiger partial charge on any atom is -0.462 e. The Hall–Kier alpha value is -2.05. The van der Waals surface area contributed by atoms with Gasteiger partial charge in [-0.25, -0.2) is 0 Å². The van der Waals surface area contributed by atoms with Gasteiger partial charge in [0.15, 0.2) is 18.4 Å². The molecule has 0 aromatic rings. The summed E-state index contributed by atoms with van der Waals surface area (Å²) in [5.74, 6) is -2.15. The number of aliphatic hydroxyl groups is 3. The van der Waals surface area contributed by atoms with Gasteiger partial charge < -0.3 is 62.7 Å². The van der Waals surface area contributed by atoms with Crippen LogP contribution in [-0.2, 0) is 52.2 Å². The lowest BCUT2D eigenvalue weighted by molar-refractivity contribution is -0.340. The van der Waals surface area contributed by atoms with Gasteiger partial charge in [-0.15, -0.1) is 0 Å². The molecule has 61 heavy (non-hydrogen) atoms. The van der Waals surface area contributed by atoms with Crippen LogP contribution in [0, 0.1) is 23.7 Å². The molecule has 14 nitrogen and oxygen atoms in total. The van der Waals surface area contributed by atoms with Gasteiger partial charge >= 0.3 is 5.97 Å². The van der Waals surface area contributed by atoms with Crippen molar-refractivity contribution in [3.8, 4) is 0 Å². The van der Waals surface area contributed by atoms with Gasteiger partial charge in [-0.3, -0.25) is 4.79 Å². The summed E-state index contributed by atoms with van der Waals surface area (Å²) in [7, 11) is 3.22. The topological polar surface area (TPSA) is 170 Å². The van der Waals surface area contributed by atoms with Crippen LogP contribution in [0.15, 0.2) is 47.1 Å². The Balaban J connectivity index is 1.17. The molecule has 0 saturated carbocycles. The lowest BCUT2D eigenvalue weighted by Gasteiger charge is -2.50. The van der Waals surface area contributed by atoms with E-state index in [1.54, 1.807) is 40.2 Å². The molecule has 0 aromatic carbocycles. The molecule has 7 rings (SSSR count). The molecule has 7 aliphatic rings. The summed E-state index contributed by atoms with van der Waals surface area (Å²) < 4.78 is 63.7. The van der Waals surface area contributed by atoms with Crippen molar-refractivity contribution in [2.24, 2.45) is 23.7 Å². The van der Waals surface area contributed by atoms with Gasteiger partial charge in [-0.2, -0.15) is 0 Å². The molecule has 0 aromatic heterocycles. The number of hydrogen-bond donors (Lipinski definition) is 3. The van der Waals surface area contributed by atoms with Gasteiger partial charge in [0.2, 0.25) is 0 Å². The van der Waals surface area contributed by atoms with E-state index in [-0.39, 0.29) is 36.8 Å². The summed E-state index contributed by atoms with van der Waals surface area (Å²) in [4.78, 5) is 14.3. The van der Waals surface area contributed by atoms with E-state index in [9.17, 15) is 20.1 Å². The molecule has 1 spiro atoms. The number of carbonyl (C=O) groups is 1. The molecule has 2 bridgehead atoms. The van der Waals surface area contributed by atoms with E-state index in [1.165, 1.54) is 0 Å². The van der Waals surface area contributed by atoms with E-state index >= 15 is 0 Å². The minimum absolute atomic E-state index is 0.0210. The van der Waals surface area contributed by atoms with Crippen LogP contribution in [0.1, 0.15) is 100 Å². The first kappa shape index (κ1) is 46.9. The fourth-order valence-corrected chi connectivity index (χ4v) is 10.8. The third-order valence-corrected chi connectivity index (χ3v) is 14.4. The summed E-state index contributed by atoms with van der Waals surface area (Å²) >= 11 is 0. The van der Waals surface area contributed by atoms with Crippen LogP contribution in [0.25, 0.3) is 0 Å². The third-order valence-electron chi connectivity index (χ3n) is 14.4. The first-order valence-corrected chi connectivity index (χ1v) is 22.6. The Labute approximate surface area is 361 Å². The highest BCUT2D eigenvalue weighted by molar-refractivity contribution is 5.78. The first-order valence-electron chi connectivity index (χ1n) is 22.6. The van der Waals surface area contributed by atoms with Crippen molar-refractivity contribution in [2.75, 3.05) is 20.8 Å². The summed E-state index contributed by atoms with van der Waals surface area (Å²) in [6, 6.07) is 0.